The summed E-state index contributed by atoms with van der Waals surface area (Å²) in [5, 5.41) is 0. The first-order valence-corrected chi connectivity index (χ1v) is 5.87. The average molecular weight is 227 g/mol. The number of rotatable bonds is 6. The van der Waals surface area contributed by atoms with Crippen LogP contribution in [0.4, 0.5) is 0 Å². The molecule has 0 unspecified atom stereocenters. The van der Waals surface area contributed by atoms with Crippen LogP contribution in [-0.4, -0.2) is 24.4 Å². The van der Waals surface area contributed by atoms with Gasteiger partial charge in [-0.05, 0) is 0 Å². The molecule has 3 nitrogen and oxygen atoms in total. The van der Waals surface area contributed by atoms with E-state index in [-0.39, 0.29) is 13.8 Å². The summed E-state index contributed by atoms with van der Waals surface area (Å²) < 4.78 is 10.0. The Kier molecular flexibility index (Phi) is 8.08. The number of likely N-dealkylation sites (N-methyl/N-ethyl adjacent to an activating group) is 1. The van der Waals surface area contributed by atoms with Crippen LogP contribution in [0.3, 0.4) is 0 Å². The van der Waals surface area contributed by atoms with Crippen molar-refractivity contribution in [2.75, 3.05) is 13.6 Å². The van der Waals surface area contributed by atoms with Crippen molar-refractivity contribution in [3.8, 4) is 5.63 Å². The number of amides is 1. The van der Waals surface area contributed by atoms with Crippen LogP contribution in [0.25, 0.3) is 0 Å². The number of hydrogen-bond acceptors (Lipinski definition) is 2. The maximum atomic E-state index is 11.4. The Hall–Kier alpha value is -0.780. The summed E-state index contributed by atoms with van der Waals surface area (Å²) >= 11 is 0. The van der Waals surface area contributed by atoms with E-state index < -0.39 is 0 Å². The molecule has 0 spiro atoms. The van der Waals surface area contributed by atoms with Crippen LogP contribution in [0.1, 0.15) is 32.6 Å². The van der Waals surface area contributed by atoms with Crippen LogP contribution in [0.15, 0.2) is 12.2 Å². The molecule has 0 N–H and O–H groups in total. The van der Waals surface area contributed by atoms with Crippen molar-refractivity contribution < 1.29 is 9.36 Å². The molecule has 0 radical (unpaired) electrons. The minimum absolute atomic E-state index is 0.00574. The fraction of sp³-hybridized carbons (Fsp3) is 0.636. The number of carbonyl (C=O) groups excluding carboxylic acids is 1. The van der Waals surface area contributed by atoms with E-state index in [1.54, 1.807) is 18.9 Å². The standard InChI is InChI=1S/C11H18NO2P/c1-10(2)11(13)12(3)8-6-4-5-7-9-15-14/h1,4-8H2,2-3H3. The van der Waals surface area contributed by atoms with Crippen LogP contribution in [-0.2, 0) is 9.36 Å². The summed E-state index contributed by atoms with van der Waals surface area (Å²) in [5.41, 5.74) is 3.27. The summed E-state index contributed by atoms with van der Waals surface area (Å²) in [6, 6.07) is 0. The van der Waals surface area contributed by atoms with Crippen LogP contribution < -0.4 is 0 Å². The Labute approximate surface area is 92.7 Å². The SMILES string of the molecule is C=C(C)C(=O)N(C)CCCCCC#P=O. The van der Waals surface area contributed by atoms with Gasteiger partial charge < -0.3 is 0 Å². The van der Waals surface area contributed by atoms with Crippen LogP contribution in [0, 0.1) is 5.63 Å². The molecule has 0 fully saturated rings. The molecule has 4 heteroatoms. The Bertz CT molecular complexity index is 318. The van der Waals surface area contributed by atoms with Crippen molar-refractivity contribution in [2.24, 2.45) is 0 Å². The van der Waals surface area contributed by atoms with Gasteiger partial charge in [0.2, 0.25) is 0 Å². The molecule has 0 aliphatic carbocycles. The van der Waals surface area contributed by atoms with Crippen molar-refractivity contribution in [1.82, 2.24) is 4.90 Å². The van der Waals surface area contributed by atoms with Gasteiger partial charge in [-0.15, -0.1) is 0 Å². The second kappa shape index (κ2) is 8.52. The summed E-state index contributed by atoms with van der Waals surface area (Å²) in [6.07, 6.45) is 3.72. The Morgan fingerprint density at radius 3 is 2.60 bits per heavy atom. The number of unbranched alkanes of at least 4 members (excludes halogenated alkanes) is 3. The van der Waals surface area contributed by atoms with Crippen molar-refractivity contribution in [3.05, 3.63) is 12.2 Å². The molecule has 15 heavy (non-hydrogen) atoms. The summed E-state index contributed by atoms with van der Waals surface area (Å²) in [5.74, 6) is 0.00574. The Balaban J connectivity index is 3.58. The van der Waals surface area contributed by atoms with E-state index in [0.717, 1.165) is 32.2 Å². The van der Waals surface area contributed by atoms with Gasteiger partial charge >= 0.3 is 92.1 Å². The van der Waals surface area contributed by atoms with Gasteiger partial charge in [0.15, 0.2) is 0 Å². The molecular formula is C11H18NO2P. The first-order chi connectivity index (χ1) is 7.09. The van der Waals surface area contributed by atoms with Gasteiger partial charge in [0.05, 0.1) is 0 Å². The van der Waals surface area contributed by atoms with Crippen molar-refractivity contribution in [3.63, 3.8) is 0 Å². The molecule has 0 saturated heterocycles. The monoisotopic (exact) mass is 227 g/mol. The van der Waals surface area contributed by atoms with Gasteiger partial charge in [0, 0.05) is 0 Å². The summed E-state index contributed by atoms with van der Waals surface area (Å²) in [7, 11) is 1.77. The summed E-state index contributed by atoms with van der Waals surface area (Å²) in [4.78, 5) is 13.1. The molecule has 84 valence electrons. The maximum absolute atomic E-state index is 11.4. The minimum atomic E-state index is -0.00994. The molecule has 0 aromatic carbocycles. The third-order valence-electron chi connectivity index (χ3n) is 2.06. The van der Waals surface area contributed by atoms with Crippen LogP contribution in [0.5, 0.6) is 0 Å². The fourth-order valence-electron chi connectivity index (χ4n) is 1.20. The molecule has 0 rings (SSSR count). The van der Waals surface area contributed by atoms with Crippen LogP contribution >= 0.6 is 7.92 Å². The quantitative estimate of drug-likeness (QED) is 0.397. The van der Waals surface area contributed by atoms with Crippen molar-refractivity contribution >= 4 is 13.8 Å². The van der Waals surface area contributed by atoms with Gasteiger partial charge in [-0.25, -0.2) is 0 Å². The molecule has 0 aromatic heterocycles. The zero-order chi connectivity index (χ0) is 11.7. The summed E-state index contributed by atoms with van der Waals surface area (Å²) in [6.45, 7) is 6.08. The van der Waals surface area contributed by atoms with E-state index >= 15 is 0 Å². The molecule has 1 amide bonds. The number of hydrogen-bond donors (Lipinski definition) is 0. The molecule has 0 aromatic rings. The third kappa shape index (κ3) is 7.18. The Morgan fingerprint density at radius 1 is 1.40 bits per heavy atom. The van der Waals surface area contributed by atoms with E-state index in [0.29, 0.717) is 5.57 Å². The van der Waals surface area contributed by atoms with Crippen molar-refractivity contribution in [1.29, 1.82) is 0 Å². The van der Waals surface area contributed by atoms with E-state index in [1.165, 1.54) is 0 Å². The third-order valence-corrected chi connectivity index (χ3v) is 2.41. The van der Waals surface area contributed by atoms with E-state index in [1.807, 2.05) is 0 Å². The molecular weight excluding hydrogens is 209 g/mol. The predicted molar refractivity (Wildman–Crippen MR) is 62.4 cm³/mol. The van der Waals surface area contributed by atoms with Gasteiger partial charge in [0.1, 0.15) is 0 Å². The number of carbonyl (C=O) groups is 1. The van der Waals surface area contributed by atoms with Gasteiger partial charge in [-0.2, -0.15) is 0 Å². The Morgan fingerprint density at radius 2 is 2.07 bits per heavy atom. The molecule has 0 saturated carbocycles. The fourth-order valence-corrected chi connectivity index (χ4v) is 1.45. The van der Waals surface area contributed by atoms with Gasteiger partial charge in [0.25, 0.3) is 0 Å². The predicted octanol–water partition coefficient (Wildman–Crippen LogP) is 2.83. The topological polar surface area (TPSA) is 37.4 Å². The van der Waals surface area contributed by atoms with Crippen LogP contribution in [0.2, 0.25) is 0 Å². The molecule has 0 aliphatic heterocycles. The number of nitrogens with zero attached hydrogens (tertiary/aromatic N) is 1. The first kappa shape index (κ1) is 14.2. The zero-order valence-electron chi connectivity index (χ0n) is 9.45. The van der Waals surface area contributed by atoms with E-state index in [9.17, 15) is 9.36 Å². The molecule has 0 aliphatic rings. The second-order valence-corrected chi connectivity index (χ2v) is 4.07. The molecule has 0 heterocycles. The molecule has 0 atom stereocenters. The van der Waals surface area contributed by atoms with E-state index in [2.05, 4.69) is 12.2 Å². The second-order valence-electron chi connectivity index (χ2n) is 3.57. The van der Waals surface area contributed by atoms with Gasteiger partial charge in [-0.1, -0.05) is 0 Å². The first-order valence-electron chi connectivity index (χ1n) is 5.05. The van der Waals surface area contributed by atoms with Crippen molar-refractivity contribution in [2.45, 2.75) is 32.6 Å². The molecule has 0 bridgehead atoms. The zero-order valence-corrected chi connectivity index (χ0v) is 10.3. The van der Waals surface area contributed by atoms with Gasteiger partial charge in [-0.3, -0.25) is 0 Å². The average Bonchev–Trinajstić information content (AvgIpc) is 2.21. The van der Waals surface area contributed by atoms with E-state index in [4.69, 9.17) is 0 Å². The normalized spacial score (nSPS) is 9.20.